The van der Waals surface area contributed by atoms with Crippen molar-refractivity contribution in [2.45, 2.75) is 29.2 Å². The lowest BCUT2D eigenvalue weighted by Crippen LogP contribution is -2.20. The first kappa shape index (κ1) is 17.8. The van der Waals surface area contributed by atoms with E-state index in [1.54, 1.807) is 6.07 Å². The molecule has 6 nitrogen and oxygen atoms in total. The summed E-state index contributed by atoms with van der Waals surface area (Å²) in [5.41, 5.74) is 2.61. The molecule has 0 unspecified atom stereocenters. The van der Waals surface area contributed by atoms with Gasteiger partial charge in [0.15, 0.2) is 0 Å². The minimum absolute atomic E-state index is 0.0914. The van der Waals surface area contributed by atoms with Crippen LogP contribution in [0.15, 0.2) is 40.3 Å². The number of benzene rings is 1. The van der Waals surface area contributed by atoms with Crippen LogP contribution in [0.25, 0.3) is 0 Å². The maximum Gasteiger partial charge on any atom is 0.211 e. The number of aromatic nitrogens is 1. The van der Waals surface area contributed by atoms with E-state index < -0.39 is 9.84 Å². The number of aliphatic hydroxyl groups excluding tert-OH is 1. The zero-order chi connectivity index (χ0) is 18.0. The fourth-order valence-electron chi connectivity index (χ4n) is 3.00. The molecule has 1 aliphatic rings. The SMILES string of the molecule is COc1cc2c(cc1S(=O)(=O)c1ccc(CO)nc1)CCN(C)CC2. The topological polar surface area (TPSA) is 79.7 Å². The molecule has 134 valence electrons. The zero-order valence-corrected chi connectivity index (χ0v) is 15.2. The molecule has 3 rings (SSSR count). The maximum atomic E-state index is 13.1. The van der Waals surface area contributed by atoms with Crippen molar-refractivity contribution in [2.24, 2.45) is 0 Å². The quantitative estimate of drug-likeness (QED) is 0.887. The second-order valence-electron chi connectivity index (χ2n) is 6.22. The number of fused-ring (bicyclic) bond motifs is 1. The number of methoxy groups -OCH3 is 1. The summed E-state index contributed by atoms with van der Waals surface area (Å²) in [5, 5.41) is 9.08. The van der Waals surface area contributed by atoms with E-state index in [2.05, 4.69) is 16.9 Å². The number of ether oxygens (including phenoxy) is 1. The summed E-state index contributed by atoms with van der Waals surface area (Å²) in [7, 11) is -0.201. The van der Waals surface area contributed by atoms with Gasteiger partial charge in [0.25, 0.3) is 0 Å². The van der Waals surface area contributed by atoms with Crippen LogP contribution in [0.5, 0.6) is 5.75 Å². The summed E-state index contributed by atoms with van der Waals surface area (Å²) in [6.45, 7) is 1.61. The molecule has 0 saturated heterocycles. The van der Waals surface area contributed by atoms with Crippen molar-refractivity contribution < 1.29 is 18.3 Å². The number of hydrogen-bond acceptors (Lipinski definition) is 6. The maximum absolute atomic E-state index is 13.1. The van der Waals surface area contributed by atoms with Crippen molar-refractivity contribution >= 4 is 9.84 Å². The Morgan fingerprint density at radius 3 is 2.44 bits per heavy atom. The Labute approximate surface area is 148 Å². The van der Waals surface area contributed by atoms with E-state index >= 15 is 0 Å². The lowest BCUT2D eigenvalue weighted by molar-refractivity contribution is 0.276. The third-order valence-corrected chi connectivity index (χ3v) is 6.33. The molecule has 1 aromatic heterocycles. The van der Waals surface area contributed by atoms with Crippen molar-refractivity contribution in [3.8, 4) is 5.75 Å². The van der Waals surface area contributed by atoms with Crippen LogP contribution < -0.4 is 4.74 Å². The molecule has 0 bridgehead atoms. The standard InChI is InChI=1S/C18H22N2O4S/c1-20-7-5-13-9-17(24-2)18(10-14(13)6-8-20)25(22,23)16-4-3-15(12-21)19-11-16/h3-4,9-11,21H,5-8,12H2,1-2H3. The minimum Gasteiger partial charge on any atom is -0.495 e. The van der Waals surface area contributed by atoms with Gasteiger partial charge in [-0.3, -0.25) is 4.98 Å². The predicted molar refractivity (Wildman–Crippen MR) is 93.5 cm³/mol. The molecular formula is C18H22N2O4S. The Balaban J connectivity index is 2.08. The van der Waals surface area contributed by atoms with Crippen molar-refractivity contribution in [3.63, 3.8) is 0 Å². The smallest absolute Gasteiger partial charge is 0.211 e. The second-order valence-corrected chi connectivity index (χ2v) is 8.14. The third-order valence-electron chi connectivity index (χ3n) is 4.57. The van der Waals surface area contributed by atoms with Gasteiger partial charge < -0.3 is 14.7 Å². The fraction of sp³-hybridized carbons (Fsp3) is 0.389. The Morgan fingerprint density at radius 1 is 1.20 bits per heavy atom. The first-order valence-electron chi connectivity index (χ1n) is 8.15. The van der Waals surface area contributed by atoms with Gasteiger partial charge in [-0.25, -0.2) is 8.42 Å². The monoisotopic (exact) mass is 362 g/mol. The first-order chi connectivity index (χ1) is 12.0. The molecule has 2 heterocycles. The predicted octanol–water partition coefficient (Wildman–Crippen LogP) is 1.45. The highest BCUT2D eigenvalue weighted by molar-refractivity contribution is 7.91. The van der Waals surface area contributed by atoms with Crippen molar-refractivity contribution in [2.75, 3.05) is 27.2 Å². The highest BCUT2D eigenvalue weighted by Gasteiger charge is 2.25. The summed E-state index contributed by atoms with van der Waals surface area (Å²) < 4.78 is 31.5. The molecule has 25 heavy (non-hydrogen) atoms. The average Bonchev–Trinajstić information content (AvgIpc) is 2.82. The molecule has 2 aromatic rings. The van der Waals surface area contributed by atoms with Crippen molar-refractivity contribution in [1.29, 1.82) is 0 Å². The molecule has 1 aromatic carbocycles. The second kappa shape index (κ2) is 7.11. The number of nitrogens with zero attached hydrogens (tertiary/aromatic N) is 2. The minimum atomic E-state index is -3.75. The van der Waals surface area contributed by atoms with E-state index in [-0.39, 0.29) is 16.4 Å². The fourth-order valence-corrected chi connectivity index (χ4v) is 4.40. The highest BCUT2D eigenvalue weighted by Crippen LogP contribution is 2.33. The molecule has 1 aliphatic heterocycles. The molecule has 0 atom stereocenters. The van der Waals surface area contributed by atoms with Crippen LogP contribution in [0, 0.1) is 0 Å². The van der Waals surface area contributed by atoms with Gasteiger partial charge in [-0.1, -0.05) is 0 Å². The number of likely N-dealkylation sites (N-methyl/N-ethyl adjacent to an activating group) is 1. The van der Waals surface area contributed by atoms with Gasteiger partial charge >= 0.3 is 0 Å². The number of hydrogen-bond donors (Lipinski definition) is 1. The van der Waals surface area contributed by atoms with Crippen LogP contribution in [0.2, 0.25) is 0 Å². The van der Waals surface area contributed by atoms with E-state index in [1.807, 2.05) is 6.07 Å². The number of aliphatic hydroxyl groups is 1. The molecule has 0 aliphatic carbocycles. The van der Waals surface area contributed by atoms with Gasteiger partial charge in [0.2, 0.25) is 9.84 Å². The van der Waals surface area contributed by atoms with E-state index in [0.29, 0.717) is 11.4 Å². The van der Waals surface area contributed by atoms with Gasteiger partial charge in [-0.2, -0.15) is 0 Å². The number of pyridine rings is 1. The van der Waals surface area contributed by atoms with E-state index in [1.165, 1.54) is 25.4 Å². The van der Waals surface area contributed by atoms with E-state index in [4.69, 9.17) is 9.84 Å². The van der Waals surface area contributed by atoms with Crippen LogP contribution in [0.1, 0.15) is 16.8 Å². The van der Waals surface area contributed by atoms with E-state index in [0.717, 1.165) is 37.1 Å². The number of rotatable bonds is 4. The van der Waals surface area contributed by atoms with Crippen LogP contribution >= 0.6 is 0 Å². The molecule has 0 radical (unpaired) electrons. The molecule has 0 fully saturated rings. The Hall–Kier alpha value is -1.96. The Bertz CT molecular complexity index is 863. The molecule has 0 spiro atoms. The van der Waals surface area contributed by atoms with Crippen LogP contribution in [-0.4, -0.2) is 50.7 Å². The van der Waals surface area contributed by atoms with Gasteiger partial charge in [0.05, 0.1) is 24.3 Å². The van der Waals surface area contributed by atoms with E-state index in [9.17, 15) is 8.42 Å². The molecule has 7 heteroatoms. The Kier molecular flexibility index (Phi) is 5.08. The van der Waals surface area contributed by atoms with Gasteiger partial charge in [0.1, 0.15) is 10.6 Å². The zero-order valence-electron chi connectivity index (χ0n) is 14.4. The normalized spacial score (nSPS) is 15.5. The molecular weight excluding hydrogens is 340 g/mol. The molecule has 0 saturated carbocycles. The summed E-state index contributed by atoms with van der Waals surface area (Å²) in [4.78, 5) is 6.47. The van der Waals surface area contributed by atoms with Gasteiger partial charge in [-0.15, -0.1) is 0 Å². The van der Waals surface area contributed by atoms with Crippen LogP contribution in [-0.2, 0) is 29.3 Å². The largest absolute Gasteiger partial charge is 0.495 e. The summed E-state index contributed by atoms with van der Waals surface area (Å²) in [6.07, 6.45) is 2.95. The lowest BCUT2D eigenvalue weighted by Gasteiger charge is -2.14. The third kappa shape index (κ3) is 3.53. The van der Waals surface area contributed by atoms with Crippen molar-refractivity contribution in [3.05, 3.63) is 47.3 Å². The summed E-state index contributed by atoms with van der Waals surface area (Å²) in [5.74, 6) is 0.356. The summed E-state index contributed by atoms with van der Waals surface area (Å²) in [6, 6.07) is 6.56. The number of sulfone groups is 1. The summed E-state index contributed by atoms with van der Waals surface area (Å²) >= 11 is 0. The van der Waals surface area contributed by atoms with Gasteiger partial charge in [0, 0.05) is 19.3 Å². The molecule has 1 N–H and O–H groups in total. The Morgan fingerprint density at radius 2 is 1.88 bits per heavy atom. The average molecular weight is 362 g/mol. The first-order valence-corrected chi connectivity index (χ1v) is 9.63. The van der Waals surface area contributed by atoms with Crippen molar-refractivity contribution in [1.82, 2.24) is 9.88 Å². The van der Waals surface area contributed by atoms with Gasteiger partial charge in [-0.05, 0) is 55.3 Å². The van der Waals surface area contributed by atoms with Crippen LogP contribution in [0.3, 0.4) is 0 Å². The molecule has 0 amide bonds. The van der Waals surface area contributed by atoms with Crippen LogP contribution in [0.4, 0.5) is 0 Å². The highest BCUT2D eigenvalue weighted by atomic mass is 32.2. The lowest BCUT2D eigenvalue weighted by atomic mass is 10.0.